The van der Waals surface area contributed by atoms with Gasteiger partial charge in [0.05, 0.1) is 30.2 Å². The van der Waals surface area contributed by atoms with Crippen LogP contribution in [0.1, 0.15) is 17.0 Å². The van der Waals surface area contributed by atoms with Gasteiger partial charge in [0.15, 0.2) is 28.0 Å². The minimum atomic E-state index is -3.49. The van der Waals surface area contributed by atoms with Gasteiger partial charge >= 0.3 is 0 Å². The molecule has 0 aliphatic heterocycles. The SMILES string of the molecule is COCCCS(=O)(=O)c1ccc(C(=NOCc2nccs2)C(=O)Nc2cnc(OC)cn2)cc1. The van der Waals surface area contributed by atoms with Crippen molar-refractivity contribution < 1.29 is 27.5 Å². The van der Waals surface area contributed by atoms with E-state index in [0.717, 1.165) is 0 Å². The van der Waals surface area contributed by atoms with Crippen molar-refractivity contribution in [3.8, 4) is 5.88 Å². The predicted molar refractivity (Wildman–Crippen MR) is 126 cm³/mol. The number of rotatable bonds is 12. The van der Waals surface area contributed by atoms with E-state index < -0.39 is 15.7 Å². The molecule has 0 unspecified atom stereocenters. The summed E-state index contributed by atoms with van der Waals surface area (Å²) in [5.74, 6) is -0.194. The summed E-state index contributed by atoms with van der Waals surface area (Å²) in [7, 11) is -0.518. The molecule has 1 amide bonds. The first kappa shape index (κ1) is 25.2. The van der Waals surface area contributed by atoms with E-state index in [1.807, 2.05) is 0 Å². The van der Waals surface area contributed by atoms with Crippen molar-refractivity contribution in [3.63, 3.8) is 0 Å². The number of thiazole rings is 1. The lowest BCUT2D eigenvalue weighted by molar-refractivity contribution is -0.110. The molecule has 180 valence electrons. The Labute approximate surface area is 200 Å². The lowest BCUT2D eigenvalue weighted by Gasteiger charge is -2.09. The predicted octanol–water partition coefficient (Wildman–Crippen LogP) is 2.31. The zero-order chi connectivity index (χ0) is 24.4. The third-order valence-corrected chi connectivity index (χ3v) is 6.94. The summed E-state index contributed by atoms with van der Waals surface area (Å²) in [6.45, 7) is 0.418. The summed E-state index contributed by atoms with van der Waals surface area (Å²) in [6, 6.07) is 5.84. The van der Waals surface area contributed by atoms with E-state index in [9.17, 15) is 13.2 Å². The van der Waals surface area contributed by atoms with Crippen molar-refractivity contribution in [3.05, 3.63) is 58.8 Å². The highest BCUT2D eigenvalue weighted by Gasteiger charge is 2.19. The van der Waals surface area contributed by atoms with Crippen molar-refractivity contribution in [2.24, 2.45) is 5.16 Å². The molecule has 13 heteroatoms. The molecule has 1 aromatic carbocycles. The molecule has 0 aliphatic rings. The van der Waals surface area contributed by atoms with Crippen molar-refractivity contribution in [2.75, 3.05) is 31.9 Å². The van der Waals surface area contributed by atoms with E-state index in [0.29, 0.717) is 29.5 Å². The summed E-state index contributed by atoms with van der Waals surface area (Å²) < 4.78 is 34.9. The Morgan fingerprint density at radius 3 is 2.53 bits per heavy atom. The van der Waals surface area contributed by atoms with Gasteiger partial charge in [-0.05, 0) is 18.6 Å². The van der Waals surface area contributed by atoms with Gasteiger partial charge in [0.1, 0.15) is 5.01 Å². The Kier molecular flexibility index (Phi) is 9.01. The third kappa shape index (κ3) is 7.04. The number of benzene rings is 1. The number of oxime groups is 1. The molecule has 0 saturated carbocycles. The second kappa shape index (κ2) is 12.2. The first-order chi connectivity index (χ1) is 16.4. The fourth-order valence-corrected chi connectivity index (χ4v) is 4.50. The average Bonchev–Trinajstić information content (AvgIpc) is 3.36. The van der Waals surface area contributed by atoms with Crippen LogP contribution >= 0.6 is 11.3 Å². The van der Waals surface area contributed by atoms with E-state index >= 15 is 0 Å². The molecule has 0 fully saturated rings. The van der Waals surface area contributed by atoms with Crippen LogP contribution in [0.5, 0.6) is 5.88 Å². The number of nitrogens with one attached hydrogen (secondary N) is 1. The van der Waals surface area contributed by atoms with Gasteiger partial charge in [-0.25, -0.2) is 23.4 Å². The fraction of sp³-hybridized carbons (Fsp3) is 0.286. The third-order valence-electron chi connectivity index (χ3n) is 4.37. The minimum absolute atomic E-state index is 0.0469. The van der Waals surface area contributed by atoms with Crippen LogP contribution in [0.25, 0.3) is 0 Å². The standard InChI is InChI=1S/C21H23N5O6S2/c1-30-9-3-11-34(28,29)16-6-4-15(5-7-16)20(26-32-14-19-22-8-10-33-19)21(27)25-17-12-24-18(31-2)13-23-17/h4-8,10,12-13H,3,9,11,14H2,1-2H3,(H,23,25,27). The monoisotopic (exact) mass is 505 g/mol. The normalized spacial score (nSPS) is 11.8. The van der Waals surface area contributed by atoms with Crippen molar-refractivity contribution in [2.45, 2.75) is 17.9 Å². The lowest BCUT2D eigenvalue weighted by atomic mass is 10.1. The van der Waals surface area contributed by atoms with Crippen molar-refractivity contribution >= 4 is 38.6 Å². The molecule has 0 aliphatic carbocycles. The number of carbonyl (C=O) groups is 1. The van der Waals surface area contributed by atoms with Gasteiger partial charge in [0.25, 0.3) is 5.91 Å². The molecular weight excluding hydrogens is 482 g/mol. The molecule has 0 radical (unpaired) electrons. The molecule has 0 saturated heterocycles. The van der Waals surface area contributed by atoms with Gasteiger partial charge in [-0.2, -0.15) is 0 Å². The van der Waals surface area contributed by atoms with Crippen LogP contribution in [0.2, 0.25) is 0 Å². The Bertz CT molecular complexity index is 1200. The van der Waals surface area contributed by atoms with Gasteiger partial charge in [-0.3, -0.25) is 4.79 Å². The van der Waals surface area contributed by atoms with Crippen LogP contribution in [0.15, 0.2) is 58.3 Å². The van der Waals surface area contributed by atoms with Gasteiger partial charge in [-0.1, -0.05) is 17.3 Å². The van der Waals surface area contributed by atoms with E-state index in [1.54, 1.807) is 11.6 Å². The zero-order valence-corrected chi connectivity index (χ0v) is 20.1. The summed E-state index contributed by atoms with van der Waals surface area (Å²) >= 11 is 1.39. The maximum atomic E-state index is 13.0. The number of ether oxygens (including phenoxy) is 2. The maximum Gasteiger partial charge on any atom is 0.279 e. The molecule has 3 rings (SSSR count). The number of nitrogens with zero attached hydrogens (tertiary/aromatic N) is 4. The summed E-state index contributed by atoms with van der Waals surface area (Å²) in [4.78, 5) is 30.6. The van der Waals surface area contributed by atoms with Gasteiger partial charge in [0, 0.05) is 30.9 Å². The quantitative estimate of drug-likeness (QED) is 0.223. The molecule has 34 heavy (non-hydrogen) atoms. The number of hydrogen-bond donors (Lipinski definition) is 1. The van der Waals surface area contributed by atoms with E-state index in [1.165, 1.54) is 62.2 Å². The molecule has 0 spiro atoms. The highest BCUT2D eigenvalue weighted by Crippen LogP contribution is 2.16. The van der Waals surface area contributed by atoms with Crippen LogP contribution in [0.3, 0.4) is 0 Å². The molecule has 3 aromatic rings. The maximum absolute atomic E-state index is 13.0. The Balaban J connectivity index is 1.81. The van der Waals surface area contributed by atoms with Crippen molar-refractivity contribution in [1.82, 2.24) is 15.0 Å². The van der Waals surface area contributed by atoms with Gasteiger partial charge in [-0.15, -0.1) is 11.3 Å². The fourth-order valence-electron chi connectivity index (χ4n) is 2.69. The average molecular weight is 506 g/mol. The molecule has 11 nitrogen and oxygen atoms in total. The number of carbonyl (C=O) groups excluding carboxylic acids is 1. The Hall–Kier alpha value is -3.42. The number of hydrogen-bond acceptors (Lipinski definition) is 11. The second-order valence-electron chi connectivity index (χ2n) is 6.73. The summed E-state index contributed by atoms with van der Waals surface area (Å²) in [6.07, 6.45) is 4.70. The second-order valence-corrected chi connectivity index (χ2v) is 9.82. The zero-order valence-electron chi connectivity index (χ0n) is 18.5. The molecule has 1 N–H and O–H groups in total. The topological polar surface area (TPSA) is 142 Å². The van der Waals surface area contributed by atoms with Crippen LogP contribution in [-0.4, -0.2) is 61.6 Å². The van der Waals surface area contributed by atoms with E-state index in [4.69, 9.17) is 14.3 Å². The number of anilines is 1. The number of aromatic nitrogens is 3. The number of methoxy groups -OCH3 is 2. The highest BCUT2D eigenvalue weighted by atomic mass is 32.2. The van der Waals surface area contributed by atoms with Crippen LogP contribution in [0.4, 0.5) is 5.82 Å². The van der Waals surface area contributed by atoms with E-state index in [-0.39, 0.29) is 28.8 Å². The molecular formula is C21H23N5O6S2. The van der Waals surface area contributed by atoms with Crippen LogP contribution < -0.4 is 10.1 Å². The number of amides is 1. The number of sulfone groups is 1. The first-order valence-electron chi connectivity index (χ1n) is 10.0. The van der Waals surface area contributed by atoms with Crippen molar-refractivity contribution in [1.29, 1.82) is 0 Å². The Morgan fingerprint density at radius 1 is 1.12 bits per heavy atom. The summed E-state index contributed by atoms with van der Waals surface area (Å²) in [5.41, 5.74) is 0.284. The van der Waals surface area contributed by atoms with Crippen LogP contribution in [0, 0.1) is 0 Å². The molecule has 2 heterocycles. The molecule has 2 aromatic heterocycles. The largest absolute Gasteiger partial charge is 0.480 e. The van der Waals surface area contributed by atoms with Crippen LogP contribution in [-0.2, 0) is 30.8 Å². The van der Waals surface area contributed by atoms with E-state index in [2.05, 4.69) is 25.4 Å². The minimum Gasteiger partial charge on any atom is -0.480 e. The van der Waals surface area contributed by atoms with Gasteiger partial charge in [0.2, 0.25) is 5.88 Å². The smallest absolute Gasteiger partial charge is 0.279 e. The Morgan fingerprint density at radius 2 is 1.91 bits per heavy atom. The molecule has 0 bridgehead atoms. The summed E-state index contributed by atoms with van der Waals surface area (Å²) in [5, 5.41) is 9.05. The lowest BCUT2D eigenvalue weighted by Crippen LogP contribution is -2.25. The molecule has 0 atom stereocenters. The van der Waals surface area contributed by atoms with Gasteiger partial charge < -0.3 is 19.6 Å². The highest BCUT2D eigenvalue weighted by molar-refractivity contribution is 7.91. The first-order valence-corrected chi connectivity index (χ1v) is 12.5.